The van der Waals surface area contributed by atoms with Crippen molar-refractivity contribution in [2.24, 2.45) is 0 Å². The smallest absolute Gasteiger partial charge is 0.305 e. The van der Waals surface area contributed by atoms with E-state index in [-0.39, 0.29) is 11.3 Å². The van der Waals surface area contributed by atoms with Crippen LogP contribution < -0.4 is 4.90 Å². The monoisotopic (exact) mass is 287 g/mol. The van der Waals surface area contributed by atoms with E-state index in [0.717, 1.165) is 4.31 Å². The van der Waals surface area contributed by atoms with Gasteiger partial charge in [-0.2, -0.15) is 0 Å². The third-order valence-electron chi connectivity index (χ3n) is 2.55. The molecule has 1 heterocycles. The number of aromatic nitrogens is 1. The van der Waals surface area contributed by atoms with Crippen molar-refractivity contribution in [2.75, 3.05) is 32.6 Å². The van der Waals surface area contributed by atoms with Crippen LogP contribution in [-0.2, 0) is 14.8 Å². The molecule has 0 aliphatic rings. The molecule has 1 aromatic heterocycles. The molecule has 0 atom stereocenters. The molecule has 7 nitrogen and oxygen atoms in total. The summed E-state index contributed by atoms with van der Waals surface area (Å²) in [7, 11) is 1.11. The van der Waals surface area contributed by atoms with E-state index in [9.17, 15) is 13.2 Å². The molecule has 0 spiro atoms. The second-order valence-electron chi connectivity index (χ2n) is 4.20. The quantitative estimate of drug-likeness (QED) is 0.806. The predicted octanol–water partition coefficient (Wildman–Crippen LogP) is 0.243. The van der Waals surface area contributed by atoms with E-state index in [1.165, 1.54) is 26.4 Å². The van der Waals surface area contributed by atoms with Crippen molar-refractivity contribution < 1.29 is 18.3 Å². The van der Waals surface area contributed by atoms with Crippen LogP contribution in [0, 0.1) is 0 Å². The Hall–Kier alpha value is -1.67. The molecule has 0 aliphatic carbocycles. The molecular weight excluding hydrogens is 270 g/mol. The fourth-order valence-electron chi connectivity index (χ4n) is 1.34. The minimum absolute atomic E-state index is 0.00404. The number of hydrogen-bond acceptors (Lipinski definition) is 5. The van der Waals surface area contributed by atoms with Gasteiger partial charge < -0.3 is 10.0 Å². The summed E-state index contributed by atoms with van der Waals surface area (Å²) in [6.45, 7) is 0.308. The van der Waals surface area contributed by atoms with Gasteiger partial charge in [-0.25, -0.2) is 17.7 Å². The Bertz CT molecular complexity index is 540. The zero-order chi connectivity index (χ0) is 14.6. The topological polar surface area (TPSA) is 90.8 Å². The molecule has 0 bridgehead atoms. The number of rotatable bonds is 6. The lowest BCUT2D eigenvalue weighted by molar-refractivity contribution is -0.136. The molecule has 0 amide bonds. The van der Waals surface area contributed by atoms with Crippen molar-refractivity contribution in [3.63, 3.8) is 0 Å². The highest BCUT2D eigenvalue weighted by Gasteiger charge is 2.17. The Balaban J connectivity index is 2.85. The van der Waals surface area contributed by atoms with Gasteiger partial charge in [0.25, 0.3) is 0 Å². The molecule has 0 saturated carbocycles. The molecule has 0 aromatic carbocycles. The summed E-state index contributed by atoms with van der Waals surface area (Å²) in [6.07, 6.45) is 1.26. The minimum Gasteiger partial charge on any atom is -0.481 e. The predicted molar refractivity (Wildman–Crippen MR) is 70.6 cm³/mol. The third-order valence-corrected chi connectivity index (χ3v) is 4.35. The Morgan fingerprint density at radius 2 is 1.95 bits per heavy atom. The highest BCUT2D eigenvalue weighted by molar-refractivity contribution is 7.89. The number of anilines is 1. The van der Waals surface area contributed by atoms with Gasteiger partial charge in [0.2, 0.25) is 10.0 Å². The van der Waals surface area contributed by atoms with Gasteiger partial charge in [0.15, 0.2) is 0 Å². The Labute approximate surface area is 112 Å². The molecule has 8 heteroatoms. The van der Waals surface area contributed by atoms with Crippen molar-refractivity contribution in [1.82, 2.24) is 9.29 Å². The van der Waals surface area contributed by atoms with Gasteiger partial charge in [-0.1, -0.05) is 0 Å². The van der Waals surface area contributed by atoms with E-state index in [4.69, 9.17) is 5.11 Å². The fraction of sp³-hybridized carbons (Fsp3) is 0.455. The normalized spacial score (nSPS) is 11.6. The SMILES string of the molecule is CN(CCC(=O)O)c1ccc(S(=O)(=O)N(C)C)cn1. The van der Waals surface area contributed by atoms with Crippen LogP contribution in [0.2, 0.25) is 0 Å². The summed E-state index contributed by atoms with van der Waals surface area (Å²) in [5, 5.41) is 8.59. The summed E-state index contributed by atoms with van der Waals surface area (Å²) in [5.74, 6) is -0.363. The molecule has 0 fully saturated rings. The largest absolute Gasteiger partial charge is 0.481 e. The molecule has 0 unspecified atom stereocenters. The summed E-state index contributed by atoms with van der Waals surface area (Å²) >= 11 is 0. The number of carboxylic acid groups (broad SMARTS) is 1. The molecule has 106 valence electrons. The number of nitrogens with zero attached hydrogens (tertiary/aromatic N) is 3. The van der Waals surface area contributed by atoms with Crippen LogP contribution in [0.15, 0.2) is 23.2 Å². The maximum absolute atomic E-state index is 11.8. The van der Waals surface area contributed by atoms with Crippen LogP contribution in [0.4, 0.5) is 5.82 Å². The van der Waals surface area contributed by atoms with Gasteiger partial charge in [-0.3, -0.25) is 4.79 Å². The van der Waals surface area contributed by atoms with Crippen molar-refractivity contribution in [1.29, 1.82) is 0 Å². The summed E-state index contributed by atoms with van der Waals surface area (Å²) in [5.41, 5.74) is 0. The minimum atomic E-state index is -3.49. The first-order valence-corrected chi connectivity index (χ1v) is 7.00. The van der Waals surface area contributed by atoms with E-state index in [1.807, 2.05) is 0 Å². The Morgan fingerprint density at radius 3 is 2.37 bits per heavy atom. The highest BCUT2D eigenvalue weighted by Crippen LogP contribution is 2.15. The molecule has 1 N–H and O–H groups in total. The summed E-state index contributed by atoms with van der Waals surface area (Å²) < 4.78 is 24.8. The van der Waals surface area contributed by atoms with Crippen molar-refractivity contribution >= 4 is 21.8 Å². The first-order chi connectivity index (χ1) is 8.75. The first-order valence-electron chi connectivity index (χ1n) is 5.56. The number of hydrogen-bond donors (Lipinski definition) is 1. The van der Waals surface area contributed by atoms with Gasteiger partial charge in [-0.05, 0) is 12.1 Å². The molecule has 1 rings (SSSR count). The van der Waals surface area contributed by atoms with E-state index in [1.54, 1.807) is 18.0 Å². The zero-order valence-electron chi connectivity index (χ0n) is 11.1. The van der Waals surface area contributed by atoms with Crippen molar-refractivity contribution in [2.45, 2.75) is 11.3 Å². The number of pyridine rings is 1. The number of aliphatic carboxylic acids is 1. The van der Waals surface area contributed by atoms with Crippen molar-refractivity contribution in [3.05, 3.63) is 18.3 Å². The van der Waals surface area contributed by atoms with Gasteiger partial charge in [0.1, 0.15) is 10.7 Å². The van der Waals surface area contributed by atoms with Crippen molar-refractivity contribution in [3.8, 4) is 0 Å². The van der Waals surface area contributed by atoms with Gasteiger partial charge in [-0.15, -0.1) is 0 Å². The summed E-state index contributed by atoms with van der Waals surface area (Å²) in [4.78, 5) is 16.3. The molecule has 19 heavy (non-hydrogen) atoms. The molecule has 1 aromatic rings. The highest BCUT2D eigenvalue weighted by atomic mass is 32.2. The third kappa shape index (κ3) is 3.90. The fourth-order valence-corrected chi connectivity index (χ4v) is 2.19. The van der Waals surface area contributed by atoms with Crippen LogP contribution in [-0.4, -0.2) is 56.5 Å². The molecule has 0 radical (unpaired) electrons. The Morgan fingerprint density at radius 1 is 1.32 bits per heavy atom. The lowest BCUT2D eigenvalue weighted by atomic mass is 10.4. The second-order valence-corrected chi connectivity index (χ2v) is 6.36. The number of carbonyl (C=O) groups is 1. The van der Waals surface area contributed by atoms with Gasteiger partial charge >= 0.3 is 5.97 Å². The van der Waals surface area contributed by atoms with Crippen LogP contribution in [0.5, 0.6) is 0 Å². The second kappa shape index (κ2) is 5.98. The van der Waals surface area contributed by atoms with E-state index in [0.29, 0.717) is 12.4 Å². The van der Waals surface area contributed by atoms with E-state index in [2.05, 4.69) is 4.98 Å². The number of sulfonamides is 1. The molecule has 0 aliphatic heterocycles. The zero-order valence-corrected chi connectivity index (χ0v) is 11.9. The maximum atomic E-state index is 11.8. The van der Waals surface area contributed by atoms with E-state index < -0.39 is 16.0 Å². The van der Waals surface area contributed by atoms with Crippen LogP contribution in [0.25, 0.3) is 0 Å². The lowest BCUT2D eigenvalue weighted by Gasteiger charge is -2.17. The van der Waals surface area contributed by atoms with Gasteiger partial charge in [0, 0.05) is 33.9 Å². The van der Waals surface area contributed by atoms with Crippen LogP contribution in [0.3, 0.4) is 0 Å². The first kappa shape index (κ1) is 15.4. The van der Waals surface area contributed by atoms with Crippen LogP contribution >= 0.6 is 0 Å². The lowest BCUT2D eigenvalue weighted by Crippen LogP contribution is -2.24. The summed E-state index contributed by atoms with van der Waals surface area (Å²) in [6, 6.07) is 3.01. The number of carboxylic acids is 1. The van der Waals surface area contributed by atoms with Crippen LogP contribution in [0.1, 0.15) is 6.42 Å². The maximum Gasteiger partial charge on any atom is 0.305 e. The average molecular weight is 287 g/mol. The van der Waals surface area contributed by atoms with E-state index >= 15 is 0 Å². The standard InChI is InChI=1S/C11H17N3O4S/c1-13(2)19(17,18)9-4-5-10(12-8-9)14(3)7-6-11(15)16/h4-5,8H,6-7H2,1-3H3,(H,15,16). The molecular formula is C11H17N3O4S. The average Bonchev–Trinajstić information content (AvgIpc) is 2.35. The Kier molecular flexibility index (Phi) is 4.84. The molecule has 0 saturated heterocycles. The van der Waals surface area contributed by atoms with Gasteiger partial charge in [0.05, 0.1) is 6.42 Å².